The summed E-state index contributed by atoms with van der Waals surface area (Å²) < 4.78 is 0. The molecule has 1 rings (SSSR count). The van der Waals surface area contributed by atoms with Gasteiger partial charge in [-0.05, 0) is 44.5 Å². The molecule has 16 heavy (non-hydrogen) atoms. The molecule has 0 fully saturated rings. The molecule has 1 N–H and O–H groups in total. The van der Waals surface area contributed by atoms with Gasteiger partial charge in [0.15, 0.2) is 0 Å². The second kappa shape index (κ2) is 7.75. The van der Waals surface area contributed by atoms with Crippen LogP contribution in [0.3, 0.4) is 0 Å². The summed E-state index contributed by atoms with van der Waals surface area (Å²) in [5.41, 5.74) is 1.34. The van der Waals surface area contributed by atoms with E-state index >= 15 is 0 Å². The van der Waals surface area contributed by atoms with Crippen molar-refractivity contribution in [3.05, 3.63) is 29.8 Å². The molecule has 2 heteroatoms. The third kappa shape index (κ3) is 5.57. The van der Waals surface area contributed by atoms with E-state index in [2.05, 4.69) is 50.4 Å². The van der Waals surface area contributed by atoms with Crippen molar-refractivity contribution in [3.8, 4) is 0 Å². The van der Waals surface area contributed by atoms with Crippen LogP contribution in [0.1, 0.15) is 25.8 Å². The molecule has 0 aliphatic rings. The minimum Gasteiger partial charge on any atom is -0.316 e. The predicted octanol–water partition coefficient (Wildman–Crippen LogP) is 3.72. The van der Waals surface area contributed by atoms with Gasteiger partial charge in [0.2, 0.25) is 0 Å². The highest BCUT2D eigenvalue weighted by Gasteiger charge is 2.02. The summed E-state index contributed by atoms with van der Waals surface area (Å²) in [5.74, 6) is 1.93. The van der Waals surface area contributed by atoms with E-state index in [1.54, 1.807) is 0 Å². The van der Waals surface area contributed by atoms with Gasteiger partial charge in [0.25, 0.3) is 0 Å². The molecule has 0 heterocycles. The lowest BCUT2D eigenvalue weighted by atomic mass is 10.2. The molecule has 0 aromatic heterocycles. The van der Waals surface area contributed by atoms with Gasteiger partial charge in [-0.3, -0.25) is 0 Å². The van der Waals surface area contributed by atoms with Gasteiger partial charge in [-0.1, -0.05) is 31.5 Å². The van der Waals surface area contributed by atoms with E-state index in [1.165, 1.54) is 22.6 Å². The van der Waals surface area contributed by atoms with E-state index in [0.29, 0.717) is 0 Å². The van der Waals surface area contributed by atoms with Crippen molar-refractivity contribution in [2.24, 2.45) is 5.92 Å². The molecule has 0 saturated carbocycles. The molecule has 0 radical (unpaired) electrons. The number of rotatable bonds is 7. The fraction of sp³-hybridized carbons (Fsp3) is 0.571. The van der Waals surface area contributed by atoms with Crippen molar-refractivity contribution in [1.29, 1.82) is 0 Å². The van der Waals surface area contributed by atoms with Crippen LogP contribution >= 0.6 is 11.8 Å². The maximum Gasteiger partial charge on any atom is 0.00722 e. The van der Waals surface area contributed by atoms with Crippen molar-refractivity contribution in [2.75, 3.05) is 18.8 Å². The van der Waals surface area contributed by atoms with Crippen LogP contribution in [0.5, 0.6) is 0 Å². The number of aryl methyl sites for hydroxylation is 1. The van der Waals surface area contributed by atoms with Gasteiger partial charge in [-0.2, -0.15) is 0 Å². The van der Waals surface area contributed by atoms with E-state index in [4.69, 9.17) is 0 Å². The summed E-state index contributed by atoms with van der Waals surface area (Å²) in [4.78, 5) is 1.38. The highest BCUT2D eigenvalue weighted by molar-refractivity contribution is 7.99. The first-order valence-electron chi connectivity index (χ1n) is 6.12. The highest BCUT2D eigenvalue weighted by Crippen LogP contribution is 2.20. The van der Waals surface area contributed by atoms with Gasteiger partial charge in [-0.25, -0.2) is 0 Å². The Balaban J connectivity index is 2.20. The Morgan fingerprint density at radius 3 is 2.56 bits per heavy atom. The zero-order valence-corrected chi connectivity index (χ0v) is 11.4. The minimum absolute atomic E-state index is 0.734. The molecular weight excluding hydrogens is 214 g/mol. The molecule has 1 aromatic carbocycles. The molecule has 1 nitrogen and oxygen atoms in total. The van der Waals surface area contributed by atoms with Crippen LogP contribution in [0.15, 0.2) is 29.2 Å². The molecule has 0 amide bonds. The zero-order chi connectivity index (χ0) is 11.8. The summed E-state index contributed by atoms with van der Waals surface area (Å²) in [6, 6.07) is 8.79. The van der Waals surface area contributed by atoms with E-state index < -0.39 is 0 Å². The standard InChI is InChI=1S/C14H23NS/c1-4-9-15-10-13(3)11-16-14-7-5-12(2)6-8-14/h5-8,13,15H,4,9-11H2,1-3H3. The van der Waals surface area contributed by atoms with Crippen LogP contribution in [0.4, 0.5) is 0 Å². The summed E-state index contributed by atoms with van der Waals surface area (Å²) in [5, 5.41) is 3.47. The monoisotopic (exact) mass is 237 g/mol. The molecule has 0 bridgehead atoms. The normalized spacial score (nSPS) is 12.7. The van der Waals surface area contributed by atoms with Gasteiger partial charge in [0.05, 0.1) is 0 Å². The number of benzene rings is 1. The molecule has 1 aromatic rings. The molecule has 0 spiro atoms. The Kier molecular flexibility index (Phi) is 6.58. The van der Waals surface area contributed by atoms with Gasteiger partial charge in [0.1, 0.15) is 0 Å². The molecule has 1 unspecified atom stereocenters. The minimum atomic E-state index is 0.734. The average molecular weight is 237 g/mol. The SMILES string of the molecule is CCCNCC(C)CSc1ccc(C)cc1. The van der Waals surface area contributed by atoms with Crippen LogP contribution < -0.4 is 5.32 Å². The van der Waals surface area contributed by atoms with Crippen LogP contribution in [0, 0.1) is 12.8 Å². The van der Waals surface area contributed by atoms with Crippen LogP contribution in [-0.2, 0) is 0 Å². The van der Waals surface area contributed by atoms with E-state index in [0.717, 1.165) is 19.0 Å². The molecule has 0 aliphatic heterocycles. The van der Waals surface area contributed by atoms with Crippen LogP contribution in [0.25, 0.3) is 0 Å². The van der Waals surface area contributed by atoms with E-state index in [9.17, 15) is 0 Å². The van der Waals surface area contributed by atoms with Gasteiger partial charge in [-0.15, -0.1) is 11.8 Å². The maximum absolute atomic E-state index is 3.47. The summed E-state index contributed by atoms with van der Waals surface area (Å²) in [6.07, 6.45) is 1.22. The van der Waals surface area contributed by atoms with Gasteiger partial charge < -0.3 is 5.32 Å². The van der Waals surface area contributed by atoms with Crippen molar-refractivity contribution < 1.29 is 0 Å². The first-order valence-corrected chi connectivity index (χ1v) is 7.11. The lowest BCUT2D eigenvalue weighted by Gasteiger charge is -2.11. The van der Waals surface area contributed by atoms with Crippen molar-refractivity contribution in [3.63, 3.8) is 0 Å². The fourth-order valence-corrected chi connectivity index (χ4v) is 2.38. The topological polar surface area (TPSA) is 12.0 Å². The van der Waals surface area contributed by atoms with E-state index in [-0.39, 0.29) is 0 Å². The third-order valence-electron chi connectivity index (χ3n) is 2.48. The number of thioether (sulfide) groups is 1. The lowest BCUT2D eigenvalue weighted by molar-refractivity contribution is 0.557. The van der Waals surface area contributed by atoms with Gasteiger partial charge >= 0.3 is 0 Å². The summed E-state index contributed by atoms with van der Waals surface area (Å²) in [7, 11) is 0. The highest BCUT2D eigenvalue weighted by atomic mass is 32.2. The quantitative estimate of drug-likeness (QED) is 0.573. The Hall–Kier alpha value is -0.470. The lowest BCUT2D eigenvalue weighted by Crippen LogP contribution is -2.23. The predicted molar refractivity (Wildman–Crippen MR) is 74.2 cm³/mol. The van der Waals surface area contributed by atoms with Crippen molar-refractivity contribution in [1.82, 2.24) is 5.32 Å². The molecule has 0 saturated heterocycles. The van der Waals surface area contributed by atoms with Crippen LogP contribution in [-0.4, -0.2) is 18.8 Å². The molecule has 1 atom stereocenters. The molecule has 0 aliphatic carbocycles. The average Bonchev–Trinajstić information content (AvgIpc) is 2.29. The van der Waals surface area contributed by atoms with Crippen molar-refractivity contribution in [2.45, 2.75) is 32.1 Å². The Bertz CT molecular complexity index is 281. The van der Waals surface area contributed by atoms with Gasteiger partial charge in [0, 0.05) is 10.6 Å². The molecular formula is C14H23NS. The Labute approximate surface area is 104 Å². The number of nitrogens with one attached hydrogen (secondary N) is 1. The second-order valence-corrected chi connectivity index (χ2v) is 5.53. The Morgan fingerprint density at radius 2 is 1.94 bits per heavy atom. The first kappa shape index (κ1) is 13.6. The summed E-state index contributed by atoms with van der Waals surface area (Å²) in [6.45, 7) is 8.92. The van der Waals surface area contributed by atoms with Crippen LogP contribution in [0.2, 0.25) is 0 Å². The fourth-order valence-electron chi connectivity index (χ4n) is 1.46. The smallest absolute Gasteiger partial charge is 0.00722 e. The third-order valence-corrected chi connectivity index (χ3v) is 3.82. The largest absolute Gasteiger partial charge is 0.316 e. The number of hydrogen-bond donors (Lipinski definition) is 1. The number of hydrogen-bond acceptors (Lipinski definition) is 2. The summed E-state index contributed by atoms with van der Waals surface area (Å²) >= 11 is 1.96. The first-order chi connectivity index (χ1) is 7.72. The second-order valence-electron chi connectivity index (χ2n) is 4.43. The Morgan fingerprint density at radius 1 is 1.25 bits per heavy atom. The van der Waals surface area contributed by atoms with Crippen molar-refractivity contribution >= 4 is 11.8 Å². The zero-order valence-electron chi connectivity index (χ0n) is 10.6. The van der Waals surface area contributed by atoms with E-state index in [1.807, 2.05) is 11.8 Å². The maximum atomic E-state index is 3.47. The molecule has 90 valence electrons.